The van der Waals surface area contributed by atoms with Crippen LogP contribution >= 0.6 is 8.58 Å². The lowest BCUT2D eigenvalue weighted by Gasteiger charge is -2.20. The van der Waals surface area contributed by atoms with Gasteiger partial charge in [-0.25, -0.2) is 0 Å². The van der Waals surface area contributed by atoms with Crippen molar-refractivity contribution < 1.29 is 0 Å². The molecule has 136 valence electrons. The number of aryl methyl sites for hydroxylation is 2. The molecule has 2 nitrogen and oxygen atoms in total. The molecule has 2 N–H and O–H groups in total. The van der Waals surface area contributed by atoms with Crippen molar-refractivity contribution in [3.63, 3.8) is 0 Å². The molecule has 2 aromatic carbocycles. The van der Waals surface area contributed by atoms with Crippen LogP contribution in [0.5, 0.6) is 0 Å². The molecule has 1 aliphatic heterocycles. The highest BCUT2D eigenvalue weighted by Gasteiger charge is 2.16. The SMILES string of the molecule is CC.CC=Nc1ccc(C2=C(c3cccc(C)c3)PCC(N)=C2)cc1C. The molecule has 0 radical (unpaired) electrons. The van der Waals surface area contributed by atoms with E-state index in [1.54, 1.807) is 0 Å². The van der Waals surface area contributed by atoms with Crippen molar-refractivity contribution in [2.24, 2.45) is 10.7 Å². The molecule has 2 aromatic rings. The fourth-order valence-corrected chi connectivity index (χ4v) is 4.24. The van der Waals surface area contributed by atoms with E-state index in [-0.39, 0.29) is 0 Å². The minimum absolute atomic E-state index is 0.704. The van der Waals surface area contributed by atoms with Gasteiger partial charge in [-0.15, -0.1) is 0 Å². The third-order valence-electron chi connectivity index (χ3n) is 4.15. The van der Waals surface area contributed by atoms with Gasteiger partial charge in [0.15, 0.2) is 0 Å². The fraction of sp³-hybridized carbons (Fsp3) is 0.261. The Balaban J connectivity index is 0.00000117. The Morgan fingerprint density at radius 1 is 1.04 bits per heavy atom. The maximum atomic E-state index is 6.16. The summed E-state index contributed by atoms with van der Waals surface area (Å²) < 4.78 is 0. The van der Waals surface area contributed by atoms with E-state index < -0.39 is 0 Å². The van der Waals surface area contributed by atoms with E-state index in [1.165, 1.54) is 33.1 Å². The summed E-state index contributed by atoms with van der Waals surface area (Å²) in [5, 5.41) is 1.40. The zero-order valence-corrected chi connectivity index (χ0v) is 17.4. The molecule has 1 aliphatic rings. The van der Waals surface area contributed by atoms with Crippen molar-refractivity contribution in [1.29, 1.82) is 0 Å². The zero-order chi connectivity index (χ0) is 19.1. The number of benzene rings is 2. The lowest BCUT2D eigenvalue weighted by atomic mass is 9.98. The summed E-state index contributed by atoms with van der Waals surface area (Å²) in [6, 6.07) is 15.2. The van der Waals surface area contributed by atoms with Gasteiger partial charge in [-0.2, -0.15) is 0 Å². The molecule has 0 aromatic heterocycles. The van der Waals surface area contributed by atoms with Gasteiger partial charge in [0.2, 0.25) is 0 Å². The van der Waals surface area contributed by atoms with Crippen LogP contribution in [0.25, 0.3) is 10.9 Å². The molecule has 26 heavy (non-hydrogen) atoms. The van der Waals surface area contributed by atoms with Crippen LogP contribution in [-0.4, -0.2) is 12.4 Å². The number of aliphatic imine (C=N–C) groups is 1. The second-order valence-electron chi connectivity index (χ2n) is 6.12. The van der Waals surface area contributed by atoms with E-state index in [1.807, 2.05) is 27.0 Å². The normalized spacial score (nSPS) is 15.0. The van der Waals surface area contributed by atoms with Gasteiger partial charge < -0.3 is 5.73 Å². The van der Waals surface area contributed by atoms with Crippen LogP contribution in [0.4, 0.5) is 5.69 Å². The Labute approximate surface area is 159 Å². The number of rotatable bonds is 3. The molecule has 1 atom stereocenters. The summed E-state index contributed by atoms with van der Waals surface area (Å²) in [7, 11) is 0.704. The van der Waals surface area contributed by atoms with Gasteiger partial charge in [0.05, 0.1) is 5.69 Å². The molecule has 0 saturated carbocycles. The molecular weight excluding hydrogens is 335 g/mol. The summed E-state index contributed by atoms with van der Waals surface area (Å²) >= 11 is 0. The topological polar surface area (TPSA) is 38.4 Å². The molecule has 0 saturated heterocycles. The zero-order valence-electron chi connectivity index (χ0n) is 16.4. The summed E-state index contributed by atoms with van der Waals surface area (Å²) in [5.41, 5.74) is 14.4. The predicted octanol–water partition coefficient (Wildman–Crippen LogP) is 6.45. The van der Waals surface area contributed by atoms with Gasteiger partial charge in [-0.05, 0) is 66.6 Å². The first-order valence-electron chi connectivity index (χ1n) is 9.19. The Kier molecular flexibility index (Phi) is 7.36. The quantitative estimate of drug-likeness (QED) is 0.493. The molecule has 3 heteroatoms. The predicted molar refractivity (Wildman–Crippen MR) is 120 cm³/mol. The molecular formula is C23H29N2P. The van der Waals surface area contributed by atoms with Gasteiger partial charge in [0, 0.05) is 18.1 Å². The maximum absolute atomic E-state index is 6.16. The fourth-order valence-electron chi connectivity index (χ4n) is 2.99. The Morgan fingerprint density at radius 3 is 2.46 bits per heavy atom. The summed E-state index contributed by atoms with van der Waals surface area (Å²) in [6.07, 6.45) is 4.93. The second kappa shape index (κ2) is 9.50. The molecule has 3 rings (SSSR count). The number of allylic oxidation sites excluding steroid dienone is 3. The van der Waals surface area contributed by atoms with Gasteiger partial charge >= 0.3 is 0 Å². The van der Waals surface area contributed by atoms with Crippen LogP contribution < -0.4 is 5.73 Å². The van der Waals surface area contributed by atoms with Crippen molar-refractivity contribution in [1.82, 2.24) is 0 Å². The largest absolute Gasteiger partial charge is 0.402 e. The highest BCUT2D eigenvalue weighted by atomic mass is 31.1. The Morgan fingerprint density at radius 2 is 1.81 bits per heavy atom. The summed E-state index contributed by atoms with van der Waals surface area (Å²) in [5.74, 6) is 0. The van der Waals surface area contributed by atoms with Crippen LogP contribution in [0.2, 0.25) is 0 Å². The highest BCUT2D eigenvalue weighted by Crippen LogP contribution is 2.45. The minimum atomic E-state index is 0.704. The highest BCUT2D eigenvalue weighted by molar-refractivity contribution is 7.51. The van der Waals surface area contributed by atoms with Gasteiger partial charge in [-0.1, -0.05) is 58.3 Å². The first-order valence-corrected chi connectivity index (χ1v) is 10.4. The standard InChI is InChI=1S/C21H23N2P.C2H6/c1-4-23-20-9-8-16(11-15(20)3)19-12-18(22)13-24-21(19)17-7-5-6-14(2)10-17;1-2/h4-12,24H,13,22H2,1-3H3;1-2H3. The Bertz CT molecular complexity index is 860. The maximum Gasteiger partial charge on any atom is 0.0655 e. The van der Waals surface area contributed by atoms with Gasteiger partial charge in [0.1, 0.15) is 0 Å². The van der Waals surface area contributed by atoms with Crippen LogP contribution in [0.3, 0.4) is 0 Å². The van der Waals surface area contributed by atoms with Crippen molar-refractivity contribution in [2.45, 2.75) is 34.6 Å². The van der Waals surface area contributed by atoms with Gasteiger partial charge in [0.25, 0.3) is 0 Å². The van der Waals surface area contributed by atoms with E-state index >= 15 is 0 Å². The lowest BCUT2D eigenvalue weighted by Crippen LogP contribution is -2.05. The van der Waals surface area contributed by atoms with Crippen molar-refractivity contribution in [3.05, 3.63) is 76.5 Å². The molecule has 1 unspecified atom stereocenters. The van der Waals surface area contributed by atoms with Crippen LogP contribution in [-0.2, 0) is 0 Å². The minimum Gasteiger partial charge on any atom is -0.402 e. The number of hydrogen-bond donors (Lipinski definition) is 1. The molecule has 0 aliphatic carbocycles. The van der Waals surface area contributed by atoms with E-state index in [0.717, 1.165) is 17.5 Å². The van der Waals surface area contributed by atoms with Crippen molar-refractivity contribution >= 4 is 31.4 Å². The van der Waals surface area contributed by atoms with Crippen LogP contribution in [0, 0.1) is 13.8 Å². The molecule has 0 bridgehead atoms. The van der Waals surface area contributed by atoms with E-state index in [2.05, 4.69) is 67.4 Å². The first kappa shape index (κ1) is 20.1. The second-order valence-corrected chi connectivity index (χ2v) is 7.33. The third-order valence-corrected chi connectivity index (χ3v) is 5.65. The Hall–Kier alpha value is -2.18. The summed E-state index contributed by atoms with van der Waals surface area (Å²) in [6.45, 7) is 10.2. The first-order chi connectivity index (χ1) is 12.6. The lowest BCUT2D eigenvalue weighted by molar-refractivity contribution is 1.32. The van der Waals surface area contributed by atoms with E-state index in [4.69, 9.17) is 5.73 Å². The van der Waals surface area contributed by atoms with E-state index in [0.29, 0.717) is 8.58 Å². The molecule has 0 fully saturated rings. The molecule has 1 heterocycles. The van der Waals surface area contributed by atoms with E-state index in [9.17, 15) is 0 Å². The number of nitrogens with two attached hydrogens (primary N) is 1. The average molecular weight is 364 g/mol. The third kappa shape index (κ3) is 4.71. The smallest absolute Gasteiger partial charge is 0.0655 e. The molecule has 0 spiro atoms. The molecule has 0 amide bonds. The van der Waals surface area contributed by atoms with Crippen molar-refractivity contribution in [3.8, 4) is 0 Å². The van der Waals surface area contributed by atoms with Gasteiger partial charge in [-0.3, -0.25) is 4.99 Å². The number of hydrogen-bond acceptors (Lipinski definition) is 2. The van der Waals surface area contributed by atoms with Crippen molar-refractivity contribution in [2.75, 3.05) is 6.16 Å². The summed E-state index contributed by atoms with van der Waals surface area (Å²) in [4.78, 5) is 4.42. The monoisotopic (exact) mass is 364 g/mol. The van der Waals surface area contributed by atoms with Crippen LogP contribution in [0.15, 0.2) is 59.2 Å². The van der Waals surface area contributed by atoms with Crippen LogP contribution in [0.1, 0.15) is 43.0 Å². The average Bonchev–Trinajstić information content (AvgIpc) is 2.65. The number of nitrogens with zero attached hydrogens (tertiary/aromatic N) is 1.